The van der Waals surface area contributed by atoms with E-state index in [0.29, 0.717) is 30.4 Å². The van der Waals surface area contributed by atoms with Crippen LogP contribution < -0.4 is 10.1 Å². The van der Waals surface area contributed by atoms with Crippen LogP contribution in [0.4, 0.5) is 5.69 Å². The number of thioether (sulfide) groups is 1. The van der Waals surface area contributed by atoms with Gasteiger partial charge in [0.05, 0.1) is 6.54 Å². The van der Waals surface area contributed by atoms with Gasteiger partial charge < -0.3 is 19.7 Å². The summed E-state index contributed by atoms with van der Waals surface area (Å²) in [4.78, 5) is 30.4. The summed E-state index contributed by atoms with van der Waals surface area (Å²) in [6, 6.07) is 24.9. The average molecular weight is 544 g/mol. The number of ether oxygens (including phenoxy) is 1. The number of hydrogen-bond acceptors (Lipinski definition) is 5. The van der Waals surface area contributed by atoms with Gasteiger partial charge in [-0.15, -0.1) is 11.8 Å². The van der Waals surface area contributed by atoms with Gasteiger partial charge >= 0.3 is 5.97 Å². The van der Waals surface area contributed by atoms with Crippen molar-refractivity contribution in [1.82, 2.24) is 9.55 Å². The van der Waals surface area contributed by atoms with Crippen molar-refractivity contribution in [3.05, 3.63) is 95.8 Å². The lowest BCUT2D eigenvalue weighted by atomic mass is 10.1. The summed E-state index contributed by atoms with van der Waals surface area (Å²) >= 11 is 1.28. The first-order valence-corrected chi connectivity index (χ1v) is 13.7. The van der Waals surface area contributed by atoms with Crippen LogP contribution in [0.15, 0.2) is 83.8 Å². The number of nitrogens with zero attached hydrogens (tertiary/aromatic N) is 2. The van der Waals surface area contributed by atoms with Gasteiger partial charge in [-0.3, -0.25) is 9.59 Å². The van der Waals surface area contributed by atoms with Gasteiger partial charge in [-0.05, 0) is 69.2 Å². The van der Waals surface area contributed by atoms with Crippen molar-refractivity contribution >= 4 is 29.3 Å². The molecule has 0 unspecified atom stereocenters. The van der Waals surface area contributed by atoms with E-state index in [-0.39, 0.29) is 5.91 Å². The molecule has 8 heteroatoms. The van der Waals surface area contributed by atoms with Crippen LogP contribution in [0.1, 0.15) is 42.5 Å². The first-order chi connectivity index (χ1) is 18.7. The molecular weight excluding hydrogens is 510 g/mol. The van der Waals surface area contributed by atoms with E-state index in [1.807, 2.05) is 90.4 Å². The highest BCUT2D eigenvalue weighted by atomic mass is 32.2. The maximum absolute atomic E-state index is 13.3. The Balaban J connectivity index is 1.61. The van der Waals surface area contributed by atoms with Crippen molar-refractivity contribution < 1.29 is 19.4 Å². The number of aromatic nitrogens is 2. The second-order valence-corrected chi connectivity index (χ2v) is 11.3. The SMILES string of the molecule is CCc1ccc(NC(=O)c2nc(-c3ccc(SC(C)(C)C(=O)O)cc3)n(CCOc3ccccc3)c2C)cc1. The quantitative estimate of drug-likeness (QED) is 0.204. The number of nitrogens with one attached hydrogen (secondary N) is 1. The fraction of sp³-hybridized carbons (Fsp3) is 0.258. The highest BCUT2D eigenvalue weighted by Gasteiger charge is 2.28. The molecule has 0 saturated carbocycles. The molecule has 0 radical (unpaired) electrons. The number of carboxylic acids is 1. The third kappa shape index (κ3) is 6.89. The third-order valence-electron chi connectivity index (χ3n) is 6.38. The Kier molecular flexibility index (Phi) is 8.76. The Morgan fingerprint density at radius 1 is 1.00 bits per heavy atom. The molecule has 3 aromatic carbocycles. The van der Waals surface area contributed by atoms with Crippen molar-refractivity contribution in [2.75, 3.05) is 11.9 Å². The Morgan fingerprint density at radius 2 is 1.67 bits per heavy atom. The van der Waals surface area contributed by atoms with Gasteiger partial charge in [0.1, 0.15) is 28.6 Å². The molecule has 1 aromatic heterocycles. The number of carbonyl (C=O) groups excluding carboxylic acids is 1. The van der Waals surface area contributed by atoms with Gasteiger partial charge in [0.25, 0.3) is 5.91 Å². The molecule has 0 aliphatic carbocycles. The lowest BCUT2D eigenvalue weighted by Crippen LogP contribution is -2.26. The molecule has 0 atom stereocenters. The molecule has 39 heavy (non-hydrogen) atoms. The van der Waals surface area contributed by atoms with Crippen LogP contribution in [0.3, 0.4) is 0 Å². The number of rotatable bonds is 11. The van der Waals surface area contributed by atoms with E-state index in [2.05, 4.69) is 12.2 Å². The Labute approximate surface area is 233 Å². The molecule has 0 spiro atoms. The average Bonchev–Trinajstić information content (AvgIpc) is 3.26. The molecule has 4 aromatic rings. The summed E-state index contributed by atoms with van der Waals surface area (Å²) in [5, 5.41) is 12.4. The maximum Gasteiger partial charge on any atom is 0.319 e. The van der Waals surface area contributed by atoms with E-state index in [4.69, 9.17) is 9.72 Å². The molecule has 0 saturated heterocycles. The number of hydrogen-bond donors (Lipinski definition) is 2. The van der Waals surface area contributed by atoms with Crippen LogP contribution in [-0.4, -0.2) is 37.9 Å². The second kappa shape index (κ2) is 12.2. The normalized spacial score (nSPS) is 11.3. The predicted octanol–water partition coefficient (Wildman–Crippen LogP) is 6.71. The van der Waals surface area contributed by atoms with Crippen LogP contribution >= 0.6 is 11.8 Å². The van der Waals surface area contributed by atoms with Gasteiger partial charge in [-0.1, -0.05) is 49.4 Å². The van der Waals surface area contributed by atoms with Crippen LogP contribution in [0, 0.1) is 6.92 Å². The lowest BCUT2D eigenvalue weighted by Gasteiger charge is -2.18. The van der Waals surface area contributed by atoms with Crippen LogP contribution in [0.25, 0.3) is 11.4 Å². The molecule has 0 fully saturated rings. The third-order valence-corrected chi connectivity index (χ3v) is 7.58. The van der Waals surface area contributed by atoms with E-state index < -0.39 is 10.7 Å². The van der Waals surface area contributed by atoms with Gasteiger partial charge in [0.2, 0.25) is 0 Å². The summed E-state index contributed by atoms with van der Waals surface area (Å²) in [5.41, 5.74) is 3.80. The topological polar surface area (TPSA) is 93.5 Å². The minimum absolute atomic E-state index is 0.281. The Bertz CT molecular complexity index is 1430. The summed E-state index contributed by atoms with van der Waals surface area (Å²) in [5.74, 6) is 0.259. The van der Waals surface area contributed by atoms with Crippen molar-refractivity contribution in [2.24, 2.45) is 0 Å². The number of aliphatic carboxylic acids is 1. The highest BCUT2D eigenvalue weighted by molar-refractivity contribution is 8.01. The van der Waals surface area contributed by atoms with Gasteiger partial charge in [-0.25, -0.2) is 4.98 Å². The standard InChI is InChI=1S/C31H33N3O4S/c1-5-22-11-15-24(16-12-22)32-29(35)27-21(2)34(19-20-38-25-9-7-6-8-10-25)28(33-27)23-13-17-26(18-14-23)39-31(3,4)30(36)37/h6-18H,5,19-20H2,1-4H3,(H,32,35)(H,36,37). The van der Waals surface area contributed by atoms with Crippen LogP contribution in [0.2, 0.25) is 0 Å². The van der Waals surface area contributed by atoms with E-state index in [9.17, 15) is 14.7 Å². The number of amides is 1. The molecule has 0 aliphatic heterocycles. The Morgan fingerprint density at radius 3 is 2.28 bits per heavy atom. The van der Waals surface area contributed by atoms with Crippen molar-refractivity contribution in [3.63, 3.8) is 0 Å². The van der Waals surface area contributed by atoms with Gasteiger partial charge in [0.15, 0.2) is 0 Å². The summed E-state index contributed by atoms with van der Waals surface area (Å²) in [6.45, 7) is 8.21. The fourth-order valence-corrected chi connectivity index (χ4v) is 4.99. The number of benzene rings is 3. The molecule has 202 valence electrons. The number of carbonyl (C=O) groups is 2. The number of aryl methyl sites for hydroxylation is 1. The highest BCUT2D eigenvalue weighted by Crippen LogP contribution is 2.34. The van der Waals surface area contributed by atoms with Crippen LogP contribution in [0.5, 0.6) is 5.75 Å². The number of anilines is 1. The summed E-state index contributed by atoms with van der Waals surface area (Å²) in [6.07, 6.45) is 0.928. The summed E-state index contributed by atoms with van der Waals surface area (Å²) < 4.78 is 6.97. The zero-order valence-electron chi connectivity index (χ0n) is 22.6. The molecule has 0 aliphatic rings. The van der Waals surface area contributed by atoms with E-state index in [1.54, 1.807) is 13.8 Å². The van der Waals surface area contributed by atoms with Crippen LogP contribution in [-0.2, 0) is 17.8 Å². The minimum atomic E-state index is -0.952. The Hall–Kier alpha value is -4.04. The fourth-order valence-electron chi connectivity index (χ4n) is 4.04. The zero-order chi connectivity index (χ0) is 28.0. The molecule has 1 heterocycles. The monoisotopic (exact) mass is 543 g/mol. The van der Waals surface area contributed by atoms with E-state index >= 15 is 0 Å². The molecule has 2 N–H and O–H groups in total. The first kappa shape index (κ1) is 28.0. The first-order valence-electron chi connectivity index (χ1n) is 12.9. The molecule has 4 rings (SSSR count). The van der Waals surface area contributed by atoms with Crippen molar-refractivity contribution in [1.29, 1.82) is 0 Å². The van der Waals surface area contributed by atoms with Gasteiger partial charge in [-0.2, -0.15) is 0 Å². The molecule has 0 bridgehead atoms. The number of carboxylic acid groups (broad SMARTS) is 1. The maximum atomic E-state index is 13.3. The number of para-hydroxylation sites is 1. The number of imidazole rings is 1. The second-order valence-electron chi connectivity index (χ2n) is 9.63. The zero-order valence-corrected chi connectivity index (χ0v) is 23.4. The molecular formula is C31H33N3O4S. The molecule has 1 amide bonds. The molecule has 7 nitrogen and oxygen atoms in total. The van der Waals surface area contributed by atoms with Crippen molar-refractivity contribution in [2.45, 2.75) is 50.3 Å². The minimum Gasteiger partial charge on any atom is -0.492 e. The summed E-state index contributed by atoms with van der Waals surface area (Å²) in [7, 11) is 0. The van der Waals surface area contributed by atoms with E-state index in [0.717, 1.165) is 28.3 Å². The predicted molar refractivity (Wildman–Crippen MR) is 156 cm³/mol. The smallest absolute Gasteiger partial charge is 0.319 e. The lowest BCUT2D eigenvalue weighted by molar-refractivity contribution is -0.138. The largest absolute Gasteiger partial charge is 0.492 e. The van der Waals surface area contributed by atoms with Crippen molar-refractivity contribution in [3.8, 4) is 17.1 Å². The van der Waals surface area contributed by atoms with Gasteiger partial charge in [0, 0.05) is 21.8 Å². The van der Waals surface area contributed by atoms with E-state index in [1.165, 1.54) is 17.3 Å².